The number of hydrogen-bond acceptors (Lipinski definition) is 3. The van der Waals surface area contributed by atoms with Crippen LogP contribution in [0, 0.1) is 0 Å². The summed E-state index contributed by atoms with van der Waals surface area (Å²) in [5.41, 5.74) is 0.120. The zero-order valence-electron chi connectivity index (χ0n) is 10.2. The molecule has 4 heteroatoms. The number of allylic oxidation sites excluding steroid dienone is 1. The van der Waals surface area contributed by atoms with Crippen LogP contribution >= 0.6 is 11.8 Å². The first-order valence-electron chi connectivity index (χ1n) is 6.28. The summed E-state index contributed by atoms with van der Waals surface area (Å²) in [5.74, 6) is -0.967. The summed E-state index contributed by atoms with van der Waals surface area (Å²) in [6, 6.07) is 3.53. The number of carboxylic acid groups (broad SMARTS) is 1. The fourth-order valence-electron chi connectivity index (χ4n) is 2.00. The number of aromatic nitrogens is 1. The summed E-state index contributed by atoms with van der Waals surface area (Å²) in [5, 5.41) is 9.36. The van der Waals surface area contributed by atoms with Crippen LogP contribution in [-0.2, 0) is 0 Å². The van der Waals surface area contributed by atoms with Gasteiger partial charge in [0.15, 0.2) is 0 Å². The molecule has 0 saturated heterocycles. The van der Waals surface area contributed by atoms with E-state index in [1.165, 1.54) is 19.3 Å². The van der Waals surface area contributed by atoms with Gasteiger partial charge in [0.05, 0.1) is 0 Å². The highest BCUT2D eigenvalue weighted by Gasteiger charge is 2.11. The molecule has 0 aliphatic heterocycles. The summed E-state index contributed by atoms with van der Waals surface area (Å²) >= 11 is 1.73. The Morgan fingerprint density at radius 1 is 1.39 bits per heavy atom. The first kappa shape index (κ1) is 13.1. The van der Waals surface area contributed by atoms with Crippen LogP contribution in [-0.4, -0.2) is 21.3 Å². The lowest BCUT2D eigenvalue weighted by Gasteiger charge is -2.14. The Balaban J connectivity index is 2.05. The van der Waals surface area contributed by atoms with Crippen molar-refractivity contribution >= 4 is 17.7 Å². The lowest BCUT2D eigenvalue weighted by molar-refractivity contribution is 0.0690. The van der Waals surface area contributed by atoms with Crippen molar-refractivity contribution in [3.05, 3.63) is 36.2 Å². The largest absolute Gasteiger partial charge is 0.477 e. The van der Waals surface area contributed by atoms with Crippen molar-refractivity contribution in [3.8, 4) is 0 Å². The molecule has 0 fully saturated rings. The molecule has 96 valence electrons. The van der Waals surface area contributed by atoms with Gasteiger partial charge in [-0.3, -0.25) is 0 Å². The van der Waals surface area contributed by atoms with E-state index >= 15 is 0 Å². The first-order chi connectivity index (χ1) is 8.75. The van der Waals surface area contributed by atoms with Gasteiger partial charge in [0.2, 0.25) is 0 Å². The quantitative estimate of drug-likeness (QED) is 0.844. The van der Waals surface area contributed by atoms with Crippen LogP contribution in [0.25, 0.3) is 0 Å². The summed E-state index contributed by atoms with van der Waals surface area (Å²) < 4.78 is 0. The molecular formula is C14H17NO2S. The highest BCUT2D eigenvalue weighted by molar-refractivity contribution is 8.00. The molecule has 0 saturated carbocycles. The first-order valence-corrected chi connectivity index (χ1v) is 7.16. The smallest absolute Gasteiger partial charge is 0.354 e. The fourth-order valence-corrected chi connectivity index (χ4v) is 3.15. The van der Waals surface area contributed by atoms with Crippen LogP contribution in [0.2, 0.25) is 0 Å². The normalized spacial score (nSPS) is 21.9. The lowest BCUT2D eigenvalue weighted by Crippen LogP contribution is -2.02. The second-order valence-corrected chi connectivity index (χ2v) is 5.72. The third-order valence-corrected chi connectivity index (χ3v) is 4.17. The highest BCUT2D eigenvalue weighted by Crippen LogP contribution is 2.29. The molecule has 1 heterocycles. The van der Waals surface area contributed by atoms with Gasteiger partial charge in [-0.15, -0.1) is 11.8 Å². The van der Waals surface area contributed by atoms with Crippen LogP contribution in [0.4, 0.5) is 0 Å². The van der Waals surface area contributed by atoms with E-state index in [1.54, 1.807) is 24.0 Å². The average molecular weight is 263 g/mol. The van der Waals surface area contributed by atoms with Crippen LogP contribution in [0.3, 0.4) is 0 Å². The fraction of sp³-hybridized carbons (Fsp3) is 0.429. The van der Waals surface area contributed by atoms with E-state index in [2.05, 4.69) is 17.1 Å². The standard InChI is InChI=1S/C14H17NO2S/c16-14(17)13-10-12(8-9-15-13)18-11-6-4-2-1-3-5-7-11/h4,6,8-11H,1-3,5,7H2,(H,16,17)/b6-4+. The molecule has 2 rings (SSSR count). The summed E-state index contributed by atoms with van der Waals surface area (Å²) in [6.07, 6.45) is 12.2. The second kappa shape index (κ2) is 6.59. The van der Waals surface area contributed by atoms with E-state index in [0.29, 0.717) is 5.25 Å². The van der Waals surface area contributed by atoms with Crippen molar-refractivity contribution in [1.29, 1.82) is 0 Å². The molecule has 0 aromatic carbocycles. The summed E-state index contributed by atoms with van der Waals surface area (Å²) in [4.78, 5) is 15.7. The van der Waals surface area contributed by atoms with Gasteiger partial charge >= 0.3 is 5.97 Å². The maximum atomic E-state index is 10.9. The van der Waals surface area contributed by atoms with E-state index < -0.39 is 5.97 Å². The number of nitrogens with zero attached hydrogens (tertiary/aromatic N) is 1. The van der Waals surface area contributed by atoms with Crippen LogP contribution in [0.5, 0.6) is 0 Å². The van der Waals surface area contributed by atoms with Crippen molar-refractivity contribution in [1.82, 2.24) is 4.98 Å². The number of pyridine rings is 1. The van der Waals surface area contributed by atoms with Crippen molar-refractivity contribution < 1.29 is 9.90 Å². The average Bonchev–Trinajstić information content (AvgIpc) is 2.33. The Morgan fingerprint density at radius 3 is 3.11 bits per heavy atom. The monoisotopic (exact) mass is 263 g/mol. The Kier molecular flexibility index (Phi) is 4.81. The summed E-state index contributed by atoms with van der Waals surface area (Å²) in [6.45, 7) is 0. The van der Waals surface area contributed by atoms with E-state index in [9.17, 15) is 4.79 Å². The number of aromatic carboxylic acids is 1. The van der Waals surface area contributed by atoms with Gasteiger partial charge in [0.25, 0.3) is 0 Å². The van der Waals surface area contributed by atoms with Gasteiger partial charge in [-0.2, -0.15) is 0 Å². The van der Waals surface area contributed by atoms with Gasteiger partial charge in [0.1, 0.15) is 5.69 Å². The number of thioether (sulfide) groups is 1. The van der Waals surface area contributed by atoms with E-state index in [1.807, 2.05) is 6.07 Å². The van der Waals surface area contributed by atoms with Gasteiger partial charge in [0, 0.05) is 16.3 Å². The van der Waals surface area contributed by atoms with E-state index in [0.717, 1.165) is 17.7 Å². The molecular weight excluding hydrogens is 246 g/mol. The van der Waals surface area contributed by atoms with Crippen molar-refractivity contribution in [2.45, 2.75) is 42.2 Å². The maximum absolute atomic E-state index is 10.9. The molecule has 18 heavy (non-hydrogen) atoms. The SMILES string of the molecule is O=C(O)c1cc(SC2/C=C/CCCCC2)ccn1. The number of carboxylic acids is 1. The van der Waals surface area contributed by atoms with Gasteiger partial charge in [-0.25, -0.2) is 9.78 Å². The van der Waals surface area contributed by atoms with Crippen LogP contribution in [0.15, 0.2) is 35.4 Å². The molecule has 1 atom stereocenters. The third-order valence-electron chi connectivity index (χ3n) is 2.95. The molecule has 0 spiro atoms. The Hall–Kier alpha value is -1.29. The molecule has 1 unspecified atom stereocenters. The zero-order chi connectivity index (χ0) is 12.8. The molecule has 1 aromatic rings. The van der Waals surface area contributed by atoms with Crippen molar-refractivity contribution in [2.75, 3.05) is 0 Å². The second-order valence-electron chi connectivity index (χ2n) is 4.40. The molecule has 3 nitrogen and oxygen atoms in total. The molecule has 1 aromatic heterocycles. The van der Waals surface area contributed by atoms with E-state index in [-0.39, 0.29) is 5.69 Å². The minimum atomic E-state index is -0.967. The van der Waals surface area contributed by atoms with E-state index in [4.69, 9.17) is 5.11 Å². The minimum Gasteiger partial charge on any atom is -0.477 e. The molecule has 1 N–H and O–H groups in total. The maximum Gasteiger partial charge on any atom is 0.354 e. The third kappa shape index (κ3) is 3.88. The Bertz CT molecular complexity index is 445. The molecule has 1 aliphatic rings. The topological polar surface area (TPSA) is 50.2 Å². The Labute approximate surface area is 111 Å². The number of carbonyl (C=O) groups is 1. The molecule has 0 radical (unpaired) electrons. The van der Waals surface area contributed by atoms with Gasteiger partial charge < -0.3 is 5.11 Å². The van der Waals surface area contributed by atoms with Gasteiger partial charge in [-0.05, 0) is 31.4 Å². The molecule has 0 bridgehead atoms. The minimum absolute atomic E-state index is 0.120. The zero-order valence-corrected chi connectivity index (χ0v) is 11.0. The molecule has 1 aliphatic carbocycles. The predicted octanol–water partition coefficient (Wildman–Crippen LogP) is 3.76. The van der Waals surface area contributed by atoms with Crippen molar-refractivity contribution in [2.24, 2.45) is 0 Å². The Morgan fingerprint density at radius 2 is 2.28 bits per heavy atom. The lowest BCUT2D eigenvalue weighted by atomic mass is 10.1. The van der Waals surface area contributed by atoms with Crippen LogP contribution < -0.4 is 0 Å². The van der Waals surface area contributed by atoms with Gasteiger partial charge in [-0.1, -0.05) is 25.0 Å². The number of hydrogen-bond donors (Lipinski definition) is 1. The molecule has 0 amide bonds. The predicted molar refractivity (Wildman–Crippen MR) is 73.1 cm³/mol. The van der Waals surface area contributed by atoms with Crippen molar-refractivity contribution in [3.63, 3.8) is 0 Å². The highest BCUT2D eigenvalue weighted by atomic mass is 32.2. The summed E-state index contributed by atoms with van der Waals surface area (Å²) in [7, 11) is 0. The van der Waals surface area contributed by atoms with Crippen LogP contribution in [0.1, 0.15) is 42.6 Å². The number of rotatable bonds is 3.